The third-order valence-corrected chi connectivity index (χ3v) is 2.60. The van der Waals surface area contributed by atoms with Crippen LogP contribution in [0.25, 0.3) is 0 Å². The van der Waals surface area contributed by atoms with Crippen molar-refractivity contribution in [2.24, 2.45) is 0 Å². The van der Waals surface area contributed by atoms with Gasteiger partial charge in [0.05, 0.1) is 22.5 Å². The highest BCUT2D eigenvalue weighted by atomic mass is 35.5. The SMILES string of the molecule is FC(F)(F)c1cnc(NCCc2cn[nH]n2)c(Cl)c1. The summed E-state index contributed by atoms with van der Waals surface area (Å²) in [6.07, 6.45) is -1.60. The van der Waals surface area contributed by atoms with Gasteiger partial charge in [0.15, 0.2) is 0 Å². The van der Waals surface area contributed by atoms with Crippen molar-refractivity contribution in [2.75, 3.05) is 11.9 Å². The van der Waals surface area contributed by atoms with Crippen LogP contribution in [-0.4, -0.2) is 26.9 Å². The minimum Gasteiger partial charge on any atom is -0.368 e. The molecule has 9 heteroatoms. The van der Waals surface area contributed by atoms with Gasteiger partial charge in [0.1, 0.15) is 5.82 Å². The molecule has 0 amide bonds. The van der Waals surface area contributed by atoms with E-state index in [0.717, 1.165) is 18.0 Å². The van der Waals surface area contributed by atoms with Crippen LogP contribution in [-0.2, 0) is 12.6 Å². The van der Waals surface area contributed by atoms with E-state index in [4.69, 9.17) is 11.6 Å². The third kappa shape index (κ3) is 3.57. The Balaban J connectivity index is 1.97. The Hall–Kier alpha value is -1.83. The average Bonchev–Trinajstić information content (AvgIpc) is 2.83. The van der Waals surface area contributed by atoms with Gasteiger partial charge in [0.2, 0.25) is 0 Å². The maximum absolute atomic E-state index is 12.4. The minimum absolute atomic E-state index is 0.0741. The molecule has 0 atom stereocenters. The van der Waals surface area contributed by atoms with E-state index in [2.05, 4.69) is 25.7 Å². The quantitative estimate of drug-likeness (QED) is 0.908. The zero-order valence-corrected chi connectivity index (χ0v) is 10.3. The molecule has 2 aromatic rings. The van der Waals surface area contributed by atoms with Crippen LogP contribution < -0.4 is 5.32 Å². The van der Waals surface area contributed by atoms with Crippen LogP contribution in [0.3, 0.4) is 0 Å². The monoisotopic (exact) mass is 291 g/mol. The number of alkyl halides is 3. The Morgan fingerprint density at radius 3 is 2.68 bits per heavy atom. The fraction of sp³-hybridized carbons (Fsp3) is 0.300. The Bertz CT molecular complexity index is 541. The van der Waals surface area contributed by atoms with Gasteiger partial charge in [-0.05, 0) is 6.07 Å². The molecule has 5 nitrogen and oxygen atoms in total. The molecule has 2 heterocycles. The highest BCUT2D eigenvalue weighted by Crippen LogP contribution is 2.32. The van der Waals surface area contributed by atoms with Gasteiger partial charge in [-0.3, -0.25) is 0 Å². The molecule has 0 unspecified atom stereocenters. The molecule has 2 aromatic heterocycles. The zero-order chi connectivity index (χ0) is 13.9. The normalized spacial score (nSPS) is 11.6. The second-order valence-corrected chi connectivity index (χ2v) is 4.10. The molecule has 0 saturated carbocycles. The molecule has 0 bridgehead atoms. The molecule has 0 radical (unpaired) electrons. The number of pyridine rings is 1. The molecule has 19 heavy (non-hydrogen) atoms. The number of hydrogen-bond donors (Lipinski definition) is 2. The molecular weight excluding hydrogens is 283 g/mol. The summed E-state index contributed by atoms with van der Waals surface area (Å²) in [6.45, 7) is 0.435. The first-order valence-corrected chi connectivity index (χ1v) is 5.66. The fourth-order valence-corrected chi connectivity index (χ4v) is 1.61. The van der Waals surface area contributed by atoms with E-state index < -0.39 is 11.7 Å². The summed E-state index contributed by atoms with van der Waals surface area (Å²) in [4.78, 5) is 3.66. The predicted molar refractivity (Wildman–Crippen MR) is 62.8 cm³/mol. The van der Waals surface area contributed by atoms with E-state index in [1.165, 1.54) is 0 Å². The van der Waals surface area contributed by atoms with Gasteiger partial charge in [0.25, 0.3) is 0 Å². The third-order valence-electron chi connectivity index (χ3n) is 2.31. The van der Waals surface area contributed by atoms with Crippen molar-refractivity contribution in [2.45, 2.75) is 12.6 Å². The summed E-state index contributed by atoms with van der Waals surface area (Å²) in [5.74, 6) is 0.207. The molecule has 0 fully saturated rings. The van der Waals surface area contributed by atoms with Crippen molar-refractivity contribution in [1.82, 2.24) is 20.4 Å². The number of hydrogen-bond acceptors (Lipinski definition) is 4. The van der Waals surface area contributed by atoms with E-state index in [0.29, 0.717) is 13.0 Å². The smallest absolute Gasteiger partial charge is 0.368 e. The van der Waals surface area contributed by atoms with Gasteiger partial charge < -0.3 is 5.32 Å². The van der Waals surface area contributed by atoms with Crippen LogP contribution in [0.5, 0.6) is 0 Å². The lowest BCUT2D eigenvalue weighted by Crippen LogP contribution is -2.10. The van der Waals surface area contributed by atoms with Crippen molar-refractivity contribution >= 4 is 17.4 Å². The lowest BCUT2D eigenvalue weighted by atomic mass is 10.2. The Kier molecular flexibility index (Phi) is 3.89. The van der Waals surface area contributed by atoms with Crippen molar-refractivity contribution < 1.29 is 13.2 Å². The second kappa shape index (κ2) is 5.43. The van der Waals surface area contributed by atoms with Gasteiger partial charge >= 0.3 is 6.18 Å². The van der Waals surface area contributed by atoms with Gasteiger partial charge in [-0.25, -0.2) is 4.98 Å². The number of H-pyrrole nitrogens is 1. The number of nitrogens with zero attached hydrogens (tertiary/aromatic N) is 3. The molecule has 102 valence electrons. The van der Waals surface area contributed by atoms with Gasteiger partial charge in [0, 0.05) is 19.2 Å². The van der Waals surface area contributed by atoms with E-state index >= 15 is 0 Å². The standard InChI is InChI=1S/C10H9ClF3N5/c11-8-3-6(10(12,13)14)4-16-9(8)15-2-1-7-5-17-19-18-7/h3-5H,1-2H2,(H,15,16)(H,17,18,19). The summed E-state index contributed by atoms with van der Waals surface area (Å²) >= 11 is 5.74. The summed E-state index contributed by atoms with van der Waals surface area (Å²) < 4.78 is 37.2. The molecule has 0 aliphatic rings. The van der Waals surface area contributed by atoms with Gasteiger partial charge in [-0.15, -0.1) is 0 Å². The van der Waals surface area contributed by atoms with Crippen molar-refractivity contribution in [3.05, 3.63) is 34.7 Å². The van der Waals surface area contributed by atoms with E-state index in [1.807, 2.05) is 0 Å². The van der Waals surface area contributed by atoms with Crippen LogP contribution in [0.2, 0.25) is 5.02 Å². The molecule has 0 spiro atoms. The Morgan fingerprint density at radius 2 is 2.11 bits per heavy atom. The fourth-order valence-electron chi connectivity index (χ4n) is 1.38. The van der Waals surface area contributed by atoms with Crippen molar-refractivity contribution in [3.8, 4) is 0 Å². The van der Waals surface area contributed by atoms with Crippen LogP contribution in [0, 0.1) is 0 Å². The largest absolute Gasteiger partial charge is 0.417 e. The topological polar surface area (TPSA) is 66.5 Å². The molecular formula is C10H9ClF3N5. The highest BCUT2D eigenvalue weighted by Gasteiger charge is 2.31. The number of halogens is 4. The molecule has 0 aliphatic carbocycles. The summed E-state index contributed by atoms with van der Waals surface area (Å²) in [7, 11) is 0. The van der Waals surface area contributed by atoms with Gasteiger partial charge in [-0.2, -0.15) is 28.6 Å². The highest BCUT2D eigenvalue weighted by molar-refractivity contribution is 6.32. The minimum atomic E-state index is -4.45. The van der Waals surface area contributed by atoms with Crippen LogP contribution >= 0.6 is 11.6 Å². The second-order valence-electron chi connectivity index (χ2n) is 3.69. The van der Waals surface area contributed by atoms with Crippen LogP contribution in [0.15, 0.2) is 18.5 Å². The molecule has 0 aromatic carbocycles. The van der Waals surface area contributed by atoms with Crippen LogP contribution in [0.1, 0.15) is 11.3 Å². The number of nitrogens with one attached hydrogen (secondary N) is 2. The summed E-state index contributed by atoms with van der Waals surface area (Å²) in [5, 5.41) is 12.7. The average molecular weight is 292 g/mol. The number of aromatic amines is 1. The van der Waals surface area contributed by atoms with E-state index in [9.17, 15) is 13.2 Å². The molecule has 2 N–H and O–H groups in total. The number of rotatable bonds is 4. The maximum atomic E-state index is 12.4. The van der Waals surface area contributed by atoms with Crippen molar-refractivity contribution in [1.29, 1.82) is 0 Å². The molecule has 2 rings (SSSR count). The van der Waals surface area contributed by atoms with Crippen LogP contribution in [0.4, 0.5) is 19.0 Å². The lowest BCUT2D eigenvalue weighted by Gasteiger charge is -2.10. The zero-order valence-electron chi connectivity index (χ0n) is 9.50. The lowest BCUT2D eigenvalue weighted by molar-refractivity contribution is -0.137. The van der Waals surface area contributed by atoms with Gasteiger partial charge in [-0.1, -0.05) is 11.6 Å². The van der Waals surface area contributed by atoms with E-state index in [-0.39, 0.29) is 10.8 Å². The Labute approximate surface area is 111 Å². The number of anilines is 1. The summed E-state index contributed by atoms with van der Waals surface area (Å²) in [6, 6.07) is 0.840. The van der Waals surface area contributed by atoms with E-state index in [1.54, 1.807) is 6.20 Å². The predicted octanol–water partition coefficient (Wildman–Crippen LogP) is 2.53. The first kappa shape index (κ1) is 13.6. The molecule has 0 saturated heterocycles. The molecule has 0 aliphatic heterocycles. The van der Waals surface area contributed by atoms with Crippen molar-refractivity contribution in [3.63, 3.8) is 0 Å². The number of aromatic nitrogens is 4. The first-order valence-electron chi connectivity index (χ1n) is 5.28. The summed E-state index contributed by atoms with van der Waals surface area (Å²) in [5.41, 5.74) is -0.143. The maximum Gasteiger partial charge on any atom is 0.417 e. The first-order chi connectivity index (χ1) is 8.97. The Morgan fingerprint density at radius 1 is 1.32 bits per heavy atom.